The maximum absolute atomic E-state index is 14.5. The zero-order valence-corrected chi connectivity index (χ0v) is 21.9. The lowest BCUT2D eigenvalue weighted by molar-refractivity contribution is -0.154. The minimum Gasteiger partial charge on any atom is -0.481 e. The molecular formula is C29H31N5O6. The van der Waals surface area contributed by atoms with Gasteiger partial charge in [0.25, 0.3) is 0 Å². The fourth-order valence-corrected chi connectivity index (χ4v) is 6.91. The van der Waals surface area contributed by atoms with Gasteiger partial charge < -0.3 is 24.7 Å². The number of likely N-dealkylation sites (tertiary alicyclic amines) is 1. The number of carbonyl (C=O) groups is 3. The first kappa shape index (κ1) is 26.1. The molecule has 4 heterocycles. The van der Waals surface area contributed by atoms with Crippen LogP contribution < -0.4 is 0 Å². The maximum atomic E-state index is 14.5. The largest absolute Gasteiger partial charge is 0.481 e. The Labute approximate surface area is 230 Å². The summed E-state index contributed by atoms with van der Waals surface area (Å²) in [6.45, 7) is 3.62. The Hall–Kier alpha value is -4.09. The first-order chi connectivity index (χ1) is 19.4. The summed E-state index contributed by atoms with van der Waals surface area (Å²) >= 11 is 0. The molecule has 0 saturated carbocycles. The molecule has 0 aliphatic carbocycles. The molecule has 3 aliphatic heterocycles. The molecule has 3 fully saturated rings. The number of aliphatic hydroxyl groups is 1. The fourth-order valence-electron chi connectivity index (χ4n) is 6.91. The van der Waals surface area contributed by atoms with E-state index < -0.39 is 60.0 Å². The standard InChI is InChI=1S/C29H31N5O6/c1-2-14-32(17-33-21-11-7-6-10-20(21)30-31-33)27(37)25-29-13-12-22(40-29)23(28(38)39)24(29)26(36)34(25)19(16-35)15-18-8-4-3-5-9-18/h2-11,19,22-25,35H,1,12-17H2,(H,38,39)/t19-,22+,23-,24-,25+,29-/m1/s1. The molecule has 2 bridgehead atoms. The van der Waals surface area contributed by atoms with Crippen LogP contribution in [0.15, 0.2) is 67.3 Å². The maximum Gasteiger partial charge on any atom is 0.310 e. The van der Waals surface area contributed by atoms with Crippen molar-refractivity contribution >= 4 is 28.8 Å². The van der Waals surface area contributed by atoms with Crippen LogP contribution >= 0.6 is 0 Å². The van der Waals surface area contributed by atoms with Crippen LogP contribution in [-0.4, -0.2) is 89.7 Å². The molecule has 2 aromatic carbocycles. The van der Waals surface area contributed by atoms with E-state index in [1.54, 1.807) is 10.8 Å². The molecule has 1 aromatic heterocycles. The summed E-state index contributed by atoms with van der Waals surface area (Å²) in [6, 6.07) is 14.9. The minimum absolute atomic E-state index is 0.0406. The van der Waals surface area contributed by atoms with E-state index in [-0.39, 0.29) is 13.2 Å². The number of hydrogen-bond acceptors (Lipinski definition) is 7. The Morgan fingerprint density at radius 3 is 2.67 bits per heavy atom. The van der Waals surface area contributed by atoms with E-state index in [2.05, 4.69) is 16.9 Å². The molecule has 3 aromatic rings. The van der Waals surface area contributed by atoms with Gasteiger partial charge >= 0.3 is 5.97 Å². The molecule has 6 rings (SSSR count). The molecule has 3 saturated heterocycles. The molecule has 2 amide bonds. The number of benzene rings is 2. The molecule has 208 valence electrons. The predicted molar refractivity (Wildman–Crippen MR) is 143 cm³/mol. The third-order valence-electron chi connectivity index (χ3n) is 8.56. The molecule has 0 radical (unpaired) electrons. The van der Waals surface area contributed by atoms with Crippen LogP contribution in [0.1, 0.15) is 18.4 Å². The second-order valence-electron chi connectivity index (χ2n) is 10.7. The molecule has 2 N–H and O–H groups in total. The van der Waals surface area contributed by atoms with Crippen molar-refractivity contribution in [2.45, 2.75) is 49.7 Å². The molecule has 40 heavy (non-hydrogen) atoms. The van der Waals surface area contributed by atoms with E-state index in [1.165, 1.54) is 9.80 Å². The van der Waals surface area contributed by atoms with E-state index in [0.29, 0.717) is 24.8 Å². The van der Waals surface area contributed by atoms with Gasteiger partial charge in [0.2, 0.25) is 11.8 Å². The van der Waals surface area contributed by atoms with Gasteiger partial charge in [0.05, 0.1) is 36.1 Å². The fraction of sp³-hybridized carbons (Fsp3) is 0.414. The van der Waals surface area contributed by atoms with Gasteiger partial charge in [0.15, 0.2) is 0 Å². The van der Waals surface area contributed by atoms with Crippen LogP contribution in [-0.2, 0) is 32.2 Å². The van der Waals surface area contributed by atoms with E-state index in [1.807, 2.05) is 54.6 Å². The normalized spacial score (nSPS) is 27.6. The van der Waals surface area contributed by atoms with Gasteiger partial charge in [0, 0.05) is 6.54 Å². The third kappa shape index (κ3) is 3.99. The van der Waals surface area contributed by atoms with Gasteiger partial charge in [0.1, 0.15) is 23.8 Å². The molecule has 1 spiro atoms. The van der Waals surface area contributed by atoms with Crippen LogP contribution in [0.2, 0.25) is 0 Å². The number of amides is 2. The average molecular weight is 546 g/mol. The number of hydrogen-bond donors (Lipinski definition) is 2. The lowest BCUT2D eigenvalue weighted by Gasteiger charge is -2.39. The lowest BCUT2D eigenvalue weighted by atomic mass is 9.70. The van der Waals surface area contributed by atoms with Crippen molar-refractivity contribution in [3.63, 3.8) is 0 Å². The van der Waals surface area contributed by atoms with Crippen molar-refractivity contribution in [3.8, 4) is 0 Å². The number of aromatic nitrogens is 3. The van der Waals surface area contributed by atoms with Crippen LogP contribution in [0, 0.1) is 11.8 Å². The van der Waals surface area contributed by atoms with Crippen LogP contribution in [0.3, 0.4) is 0 Å². The third-order valence-corrected chi connectivity index (χ3v) is 8.56. The topological polar surface area (TPSA) is 138 Å². The number of carboxylic acid groups (broad SMARTS) is 1. The summed E-state index contributed by atoms with van der Waals surface area (Å²) in [4.78, 5) is 43.9. The number of aliphatic carboxylic acids is 1. The number of fused-ring (bicyclic) bond motifs is 2. The zero-order chi connectivity index (χ0) is 28.0. The number of rotatable bonds is 10. The van der Waals surface area contributed by atoms with Crippen molar-refractivity contribution in [3.05, 3.63) is 72.8 Å². The van der Waals surface area contributed by atoms with Gasteiger partial charge in [-0.2, -0.15) is 0 Å². The van der Waals surface area contributed by atoms with Gasteiger partial charge in [-0.1, -0.05) is 53.8 Å². The van der Waals surface area contributed by atoms with Gasteiger partial charge in [-0.25, -0.2) is 4.68 Å². The van der Waals surface area contributed by atoms with Crippen LogP contribution in [0.25, 0.3) is 11.0 Å². The van der Waals surface area contributed by atoms with Crippen LogP contribution in [0.4, 0.5) is 0 Å². The highest BCUT2D eigenvalue weighted by Crippen LogP contribution is 2.59. The van der Waals surface area contributed by atoms with Crippen molar-refractivity contribution < 1.29 is 29.3 Å². The van der Waals surface area contributed by atoms with Crippen molar-refractivity contribution in [2.75, 3.05) is 13.2 Å². The van der Waals surface area contributed by atoms with Gasteiger partial charge in [-0.3, -0.25) is 14.4 Å². The Morgan fingerprint density at radius 1 is 1.20 bits per heavy atom. The van der Waals surface area contributed by atoms with Crippen molar-refractivity contribution in [1.29, 1.82) is 0 Å². The number of ether oxygens (including phenoxy) is 1. The first-order valence-electron chi connectivity index (χ1n) is 13.4. The second kappa shape index (κ2) is 10.1. The Kier molecular flexibility index (Phi) is 6.63. The molecular weight excluding hydrogens is 514 g/mol. The number of carbonyl (C=O) groups excluding carboxylic acids is 2. The molecule has 0 unspecified atom stereocenters. The van der Waals surface area contributed by atoms with E-state index >= 15 is 0 Å². The number of carboxylic acids is 1. The monoisotopic (exact) mass is 545 g/mol. The summed E-state index contributed by atoms with van der Waals surface area (Å²) in [5.74, 6) is -4.05. The highest BCUT2D eigenvalue weighted by molar-refractivity contribution is 5.98. The first-order valence-corrected chi connectivity index (χ1v) is 13.4. The Bertz CT molecular complexity index is 1460. The highest BCUT2D eigenvalue weighted by Gasteiger charge is 2.75. The molecule has 3 aliphatic rings. The summed E-state index contributed by atoms with van der Waals surface area (Å²) < 4.78 is 7.94. The van der Waals surface area contributed by atoms with E-state index in [4.69, 9.17) is 4.74 Å². The predicted octanol–water partition coefficient (Wildman–Crippen LogP) is 1.47. The Morgan fingerprint density at radius 2 is 1.95 bits per heavy atom. The number of aliphatic hydroxyl groups excluding tert-OH is 1. The Balaban J connectivity index is 1.41. The lowest BCUT2D eigenvalue weighted by Crippen LogP contribution is -2.59. The average Bonchev–Trinajstić information content (AvgIpc) is 3.71. The smallest absolute Gasteiger partial charge is 0.310 e. The quantitative estimate of drug-likeness (QED) is 0.365. The number of para-hydroxylation sites is 1. The zero-order valence-electron chi connectivity index (χ0n) is 21.9. The summed E-state index contributed by atoms with van der Waals surface area (Å²) in [6.07, 6.45) is 2.07. The second-order valence-corrected chi connectivity index (χ2v) is 10.7. The van der Waals surface area contributed by atoms with Gasteiger partial charge in [-0.15, -0.1) is 11.7 Å². The van der Waals surface area contributed by atoms with E-state index in [0.717, 1.165) is 11.1 Å². The molecule has 6 atom stereocenters. The highest BCUT2D eigenvalue weighted by atomic mass is 16.5. The minimum atomic E-state index is -1.30. The summed E-state index contributed by atoms with van der Waals surface area (Å²) in [5, 5.41) is 29.0. The van der Waals surface area contributed by atoms with E-state index in [9.17, 15) is 24.6 Å². The molecule has 11 heteroatoms. The van der Waals surface area contributed by atoms with Gasteiger partial charge in [-0.05, 0) is 37.0 Å². The summed E-state index contributed by atoms with van der Waals surface area (Å²) in [7, 11) is 0. The van der Waals surface area contributed by atoms with Crippen molar-refractivity contribution in [1.82, 2.24) is 24.8 Å². The summed E-state index contributed by atoms with van der Waals surface area (Å²) in [5.41, 5.74) is 0.999. The molecule has 11 nitrogen and oxygen atoms in total. The SMILES string of the molecule is C=CCN(Cn1nnc2ccccc21)C(=O)[C@@H]1N([C@@H](CO)Cc2ccccc2)C(=O)[C@H]2[C@H](C(=O)O)[C@@H]3CC[C@]12O3. The number of nitrogens with zero attached hydrogens (tertiary/aromatic N) is 5. The van der Waals surface area contributed by atoms with Crippen LogP contribution in [0.5, 0.6) is 0 Å². The van der Waals surface area contributed by atoms with Crippen molar-refractivity contribution in [2.24, 2.45) is 11.8 Å².